The highest BCUT2D eigenvalue weighted by atomic mass is 19.4. The third kappa shape index (κ3) is 2.00. The van der Waals surface area contributed by atoms with Crippen molar-refractivity contribution >= 4 is 0 Å². The standard InChI is InChI=1S/C9H6F3N/c1-3-7-4-8(9(10,11)12)6(2)13-5-7/h1,4-5H,2H3. The van der Waals surface area contributed by atoms with E-state index in [0.29, 0.717) is 0 Å². The molecule has 0 radical (unpaired) electrons. The van der Waals surface area contributed by atoms with E-state index >= 15 is 0 Å². The fraction of sp³-hybridized carbons (Fsp3) is 0.222. The van der Waals surface area contributed by atoms with Gasteiger partial charge in [0.1, 0.15) is 0 Å². The van der Waals surface area contributed by atoms with Crippen LogP contribution < -0.4 is 0 Å². The zero-order valence-corrected chi connectivity index (χ0v) is 6.81. The Morgan fingerprint density at radius 2 is 2.08 bits per heavy atom. The van der Waals surface area contributed by atoms with Crippen LogP contribution in [0.15, 0.2) is 12.3 Å². The molecule has 0 bridgehead atoms. The van der Waals surface area contributed by atoms with Crippen LogP contribution in [0.4, 0.5) is 13.2 Å². The van der Waals surface area contributed by atoms with Crippen molar-refractivity contribution in [3.63, 3.8) is 0 Å². The molecule has 0 fully saturated rings. The van der Waals surface area contributed by atoms with Gasteiger partial charge in [0.15, 0.2) is 0 Å². The molecule has 1 aromatic heterocycles. The number of nitrogens with zero attached hydrogens (tertiary/aromatic N) is 1. The molecule has 0 spiro atoms. The van der Waals surface area contributed by atoms with Gasteiger partial charge in [0.25, 0.3) is 0 Å². The third-order valence-electron chi connectivity index (χ3n) is 1.56. The predicted molar refractivity (Wildman–Crippen MR) is 41.9 cm³/mol. The minimum atomic E-state index is -4.38. The fourth-order valence-corrected chi connectivity index (χ4v) is 0.899. The maximum absolute atomic E-state index is 12.3. The molecule has 13 heavy (non-hydrogen) atoms. The summed E-state index contributed by atoms with van der Waals surface area (Å²) in [5, 5.41) is 0. The number of aryl methyl sites for hydroxylation is 1. The summed E-state index contributed by atoms with van der Waals surface area (Å²) in [5.41, 5.74) is -0.702. The van der Waals surface area contributed by atoms with Crippen molar-refractivity contribution < 1.29 is 13.2 Å². The highest BCUT2D eigenvalue weighted by Crippen LogP contribution is 2.31. The molecule has 0 saturated heterocycles. The molecule has 0 aromatic carbocycles. The smallest absolute Gasteiger partial charge is 0.260 e. The summed E-state index contributed by atoms with van der Waals surface area (Å²) >= 11 is 0. The van der Waals surface area contributed by atoms with Crippen LogP contribution >= 0.6 is 0 Å². The molecule has 0 aliphatic carbocycles. The molecular formula is C9H6F3N. The lowest BCUT2D eigenvalue weighted by Crippen LogP contribution is -2.09. The lowest BCUT2D eigenvalue weighted by molar-refractivity contribution is -0.138. The van der Waals surface area contributed by atoms with E-state index in [-0.39, 0.29) is 11.3 Å². The van der Waals surface area contributed by atoms with E-state index in [4.69, 9.17) is 6.42 Å². The summed E-state index contributed by atoms with van der Waals surface area (Å²) in [6, 6.07) is 0.919. The van der Waals surface area contributed by atoms with Gasteiger partial charge in [0, 0.05) is 17.5 Å². The summed E-state index contributed by atoms with van der Waals surface area (Å²) in [6.07, 6.45) is 1.81. The zero-order valence-electron chi connectivity index (χ0n) is 6.81. The number of aromatic nitrogens is 1. The van der Waals surface area contributed by atoms with Crippen LogP contribution in [0.3, 0.4) is 0 Å². The first-order valence-electron chi connectivity index (χ1n) is 3.45. The first-order chi connectivity index (χ1) is 5.95. The minimum Gasteiger partial charge on any atom is -0.260 e. The minimum absolute atomic E-state index is 0.0634. The molecule has 1 nitrogen and oxygen atoms in total. The Balaban J connectivity index is 3.29. The van der Waals surface area contributed by atoms with Gasteiger partial charge in [-0.2, -0.15) is 13.2 Å². The zero-order chi connectivity index (χ0) is 10.1. The van der Waals surface area contributed by atoms with E-state index in [0.717, 1.165) is 6.07 Å². The van der Waals surface area contributed by atoms with Gasteiger partial charge in [-0.05, 0) is 13.0 Å². The van der Waals surface area contributed by atoms with E-state index in [1.54, 1.807) is 0 Å². The van der Waals surface area contributed by atoms with Crippen LogP contribution in [0.25, 0.3) is 0 Å². The Morgan fingerprint density at radius 1 is 1.46 bits per heavy atom. The molecule has 0 aliphatic heterocycles. The Bertz CT molecular complexity index is 360. The van der Waals surface area contributed by atoms with E-state index in [1.165, 1.54) is 13.1 Å². The molecule has 1 rings (SSSR count). The van der Waals surface area contributed by atoms with Crippen LogP contribution in [0.5, 0.6) is 0 Å². The van der Waals surface area contributed by atoms with Gasteiger partial charge in [-0.25, -0.2) is 0 Å². The van der Waals surface area contributed by atoms with E-state index in [1.807, 2.05) is 0 Å². The average molecular weight is 185 g/mol. The van der Waals surface area contributed by atoms with Crippen molar-refractivity contribution in [3.8, 4) is 12.3 Å². The number of rotatable bonds is 0. The van der Waals surface area contributed by atoms with Crippen LogP contribution in [0.1, 0.15) is 16.8 Å². The average Bonchev–Trinajstić information content (AvgIpc) is 2.03. The van der Waals surface area contributed by atoms with Crippen molar-refractivity contribution in [3.05, 3.63) is 29.1 Å². The lowest BCUT2D eigenvalue weighted by atomic mass is 10.1. The number of terminal acetylenes is 1. The highest BCUT2D eigenvalue weighted by Gasteiger charge is 2.33. The summed E-state index contributed by atoms with van der Waals surface area (Å²) < 4.78 is 36.8. The topological polar surface area (TPSA) is 12.9 Å². The molecule has 68 valence electrons. The molecule has 4 heteroatoms. The van der Waals surface area contributed by atoms with Crippen molar-refractivity contribution in [2.45, 2.75) is 13.1 Å². The highest BCUT2D eigenvalue weighted by molar-refractivity contribution is 5.36. The summed E-state index contributed by atoms with van der Waals surface area (Å²) in [5.74, 6) is 2.10. The second kappa shape index (κ2) is 3.09. The Kier molecular flexibility index (Phi) is 2.28. The van der Waals surface area contributed by atoms with Crippen LogP contribution in [0, 0.1) is 19.3 Å². The normalized spacial score (nSPS) is 11.0. The van der Waals surface area contributed by atoms with Gasteiger partial charge in [0.2, 0.25) is 0 Å². The van der Waals surface area contributed by atoms with Gasteiger partial charge in [-0.15, -0.1) is 6.42 Å². The summed E-state index contributed by atoms with van der Waals surface area (Å²) in [7, 11) is 0. The second-order valence-electron chi connectivity index (χ2n) is 2.50. The van der Waals surface area contributed by atoms with Gasteiger partial charge >= 0.3 is 6.18 Å². The van der Waals surface area contributed by atoms with Crippen LogP contribution in [-0.4, -0.2) is 4.98 Å². The molecule has 0 atom stereocenters. The lowest BCUT2D eigenvalue weighted by Gasteiger charge is -2.08. The maximum Gasteiger partial charge on any atom is 0.418 e. The van der Waals surface area contributed by atoms with E-state index in [2.05, 4.69) is 10.9 Å². The van der Waals surface area contributed by atoms with E-state index < -0.39 is 11.7 Å². The molecular weight excluding hydrogens is 179 g/mol. The number of alkyl halides is 3. The first kappa shape index (κ1) is 9.59. The quantitative estimate of drug-likeness (QED) is 0.565. The molecule has 0 amide bonds. The monoisotopic (exact) mass is 185 g/mol. The number of hydrogen-bond donors (Lipinski definition) is 0. The van der Waals surface area contributed by atoms with Crippen molar-refractivity contribution in [1.29, 1.82) is 0 Å². The van der Waals surface area contributed by atoms with Crippen LogP contribution in [-0.2, 0) is 6.18 Å². The molecule has 1 aromatic rings. The van der Waals surface area contributed by atoms with Gasteiger partial charge in [0.05, 0.1) is 5.56 Å². The van der Waals surface area contributed by atoms with E-state index in [9.17, 15) is 13.2 Å². The van der Waals surface area contributed by atoms with Crippen molar-refractivity contribution in [2.75, 3.05) is 0 Å². The largest absolute Gasteiger partial charge is 0.418 e. The predicted octanol–water partition coefficient (Wildman–Crippen LogP) is 2.39. The summed E-state index contributed by atoms with van der Waals surface area (Å²) in [4.78, 5) is 3.55. The fourth-order valence-electron chi connectivity index (χ4n) is 0.899. The number of hydrogen-bond acceptors (Lipinski definition) is 1. The SMILES string of the molecule is C#Cc1cnc(C)c(C(F)(F)F)c1. The molecule has 0 N–H and O–H groups in total. The maximum atomic E-state index is 12.3. The Morgan fingerprint density at radius 3 is 2.54 bits per heavy atom. The number of pyridine rings is 1. The van der Waals surface area contributed by atoms with Gasteiger partial charge in [-0.3, -0.25) is 4.98 Å². The second-order valence-corrected chi connectivity index (χ2v) is 2.50. The molecule has 1 heterocycles. The first-order valence-corrected chi connectivity index (χ1v) is 3.45. The van der Waals surface area contributed by atoms with Gasteiger partial charge in [-0.1, -0.05) is 5.92 Å². The summed E-state index contributed by atoms with van der Waals surface area (Å²) in [6.45, 7) is 1.29. The van der Waals surface area contributed by atoms with Gasteiger partial charge < -0.3 is 0 Å². The molecule has 0 unspecified atom stereocenters. The van der Waals surface area contributed by atoms with Crippen LogP contribution in [0.2, 0.25) is 0 Å². The molecule has 0 saturated carbocycles. The van der Waals surface area contributed by atoms with Crippen molar-refractivity contribution in [2.24, 2.45) is 0 Å². The Labute approximate surface area is 73.6 Å². The molecule has 0 aliphatic rings. The Hall–Kier alpha value is -1.50. The third-order valence-corrected chi connectivity index (χ3v) is 1.56. The number of halogens is 3. The van der Waals surface area contributed by atoms with Crippen molar-refractivity contribution in [1.82, 2.24) is 4.98 Å².